The zero-order valence-corrected chi connectivity index (χ0v) is 18.1. The van der Waals surface area contributed by atoms with Crippen molar-refractivity contribution in [3.63, 3.8) is 0 Å². The fourth-order valence-electron chi connectivity index (χ4n) is 5.42. The predicted octanol–water partition coefficient (Wildman–Crippen LogP) is 1.52. The van der Waals surface area contributed by atoms with Gasteiger partial charge < -0.3 is 29.6 Å². The van der Waals surface area contributed by atoms with Crippen molar-refractivity contribution < 1.29 is 19.1 Å². The molecule has 3 fully saturated rings. The number of nitrogens with one attached hydrogen (secondary N) is 2. The number of aromatic nitrogens is 2. The molecule has 1 saturated carbocycles. The maximum absolute atomic E-state index is 12.9. The number of carbonyl (C=O) groups excluding carboxylic acids is 2. The Morgan fingerprint density at radius 3 is 2.71 bits per heavy atom. The molecule has 4 heterocycles. The molecule has 1 aromatic rings. The van der Waals surface area contributed by atoms with Crippen molar-refractivity contribution in [1.29, 1.82) is 0 Å². The molecule has 4 aliphatic rings. The highest BCUT2D eigenvalue weighted by Gasteiger charge is 2.47. The molecule has 9 nitrogen and oxygen atoms in total. The summed E-state index contributed by atoms with van der Waals surface area (Å²) in [5, 5.41) is 6.18. The number of nitrogens with zero attached hydrogens (tertiary/aromatic N) is 3. The molecule has 170 valence electrons. The molecule has 0 unspecified atom stereocenters. The van der Waals surface area contributed by atoms with Crippen LogP contribution in [0.3, 0.4) is 0 Å². The van der Waals surface area contributed by atoms with Gasteiger partial charge in [0.25, 0.3) is 5.91 Å². The van der Waals surface area contributed by atoms with Crippen LogP contribution in [0.15, 0.2) is 12.4 Å². The van der Waals surface area contributed by atoms with Crippen LogP contribution >= 0.6 is 0 Å². The molecule has 3 aliphatic heterocycles. The fraction of sp³-hybridized carbons (Fsp3) is 0.773. The van der Waals surface area contributed by atoms with E-state index in [9.17, 15) is 9.59 Å². The summed E-state index contributed by atoms with van der Waals surface area (Å²) in [5.41, 5.74) is -0.627. The Balaban J connectivity index is 1.22. The first-order chi connectivity index (χ1) is 15.1. The van der Waals surface area contributed by atoms with Gasteiger partial charge in [-0.05, 0) is 25.7 Å². The smallest absolute Gasteiger partial charge is 0.317 e. The summed E-state index contributed by atoms with van der Waals surface area (Å²) in [4.78, 5) is 32.0. The third-order valence-corrected chi connectivity index (χ3v) is 7.21. The minimum atomic E-state index is -0.627. The largest absolute Gasteiger partial charge is 0.376 e. The van der Waals surface area contributed by atoms with E-state index >= 15 is 0 Å². The minimum absolute atomic E-state index is 0.0201. The van der Waals surface area contributed by atoms with Gasteiger partial charge in [-0.3, -0.25) is 4.79 Å². The molecule has 2 N–H and O–H groups in total. The molecule has 2 saturated heterocycles. The maximum atomic E-state index is 12.9. The van der Waals surface area contributed by atoms with E-state index in [4.69, 9.17) is 9.47 Å². The number of rotatable bonds is 4. The van der Waals surface area contributed by atoms with Gasteiger partial charge in [-0.2, -0.15) is 0 Å². The average Bonchev–Trinajstić information content (AvgIpc) is 3.55. The Bertz CT molecular complexity index is 792. The molecule has 1 aromatic heterocycles. The lowest BCUT2D eigenvalue weighted by atomic mass is 9.88. The first kappa shape index (κ1) is 20.8. The van der Waals surface area contributed by atoms with Gasteiger partial charge in [0.1, 0.15) is 11.4 Å². The van der Waals surface area contributed by atoms with E-state index in [1.54, 1.807) is 6.20 Å². The number of carbonyl (C=O) groups is 2. The highest BCUT2D eigenvalue weighted by molar-refractivity contribution is 5.81. The molecule has 31 heavy (non-hydrogen) atoms. The Hall–Kier alpha value is -2.13. The van der Waals surface area contributed by atoms with E-state index in [1.165, 1.54) is 12.8 Å². The molecule has 9 heteroatoms. The quantitative estimate of drug-likeness (QED) is 0.753. The molecule has 0 aromatic carbocycles. The molecule has 1 aliphatic carbocycles. The summed E-state index contributed by atoms with van der Waals surface area (Å²) in [6.07, 6.45) is 11.1. The van der Waals surface area contributed by atoms with Gasteiger partial charge in [0.2, 0.25) is 0 Å². The van der Waals surface area contributed by atoms with Gasteiger partial charge in [0, 0.05) is 57.5 Å². The van der Waals surface area contributed by atoms with Crippen molar-refractivity contribution in [1.82, 2.24) is 25.1 Å². The molecule has 3 amide bonds. The SMILES string of the molecule is O=C(NC[C@@H]1CCCO1)[C@H]1Cn2ccnc2C2(CCN(C(=O)NC3CCCC3)CC2)O1. The summed E-state index contributed by atoms with van der Waals surface area (Å²) >= 11 is 0. The summed E-state index contributed by atoms with van der Waals surface area (Å²) in [5.74, 6) is 0.766. The van der Waals surface area contributed by atoms with Crippen molar-refractivity contribution in [3.8, 4) is 0 Å². The number of likely N-dealkylation sites (tertiary alicyclic amines) is 1. The topological polar surface area (TPSA) is 97.7 Å². The first-order valence-electron chi connectivity index (χ1n) is 11.8. The van der Waals surface area contributed by atoms with E-state index in [2.05, 4.69) is 15.6 Å². The van der Waals surface area contributed by atoms with Crippen LogP contribution in [-0.4, -0.2) is 70.9 Å². The zero-order chi connectivity index (χ0) is 21.3. The summed E-state index contributed by atoms with van der Waals surface area (Å²) in [6, 6.07) is 0.330. The summed E-state index contributed by atoms with van der Waals surface area (Å²) < 4.78 is 14.1. The number of imidazole rings is 1. The van der Waals surface area contributed by atoms with Gasteiger partial charge in [0.15, 0.2) is 6.10 Å². The van der Waals surface area contributed by atoms with Gasteiger partial charge in [0.05, 0.1) is 12.6 Å². The molecule has 5 rings (SSSR count). The average molecular weight is 432 g/mol. The van der Waals surface area contributed by atoms with E-state index in [1.807, 2.05) is 15.7 Å². The lowest BCUT2D eigenvalue weighted by molar-refractivity contribution is -0.172. The van der Waals surface area contributed by atoms with E-state index in [0.717, 1.165) is 38.1 Å². The van der Waals surface area contributed by atoms with E-state index in [0.29, 0.717) is 45.1 Å². The lowest BCUT2D eigenvalue weighted by Gasteiger charge is -2.45. The number of hydrogen-bond acceptors (Lipinski definition) is 5. The number of amides is 3. The van der Waals surface area contributed by atoms with Crippen molar-refractivity contribution >= 4 is 11.9 Å². The Morgan fingerprint density at radius 2 is 1.97 bits per heavy atom. The maximum Gasteiger partial charge on any atom is 0.317 e. The molecule has 2 atom stereocenters. The second-order valence-electron chi connectivity index (χ2n) is 9.30. The van der Waals surface area contributed by atoms with Crippen LogP contribution in [0.4, 0.5) is 4.79 Å². The monoisotopic (exact) mass is 431 g/mol. The summed E-state index contributed by atoms with van der Waals surface area (Å²) in [7, 11) is 0. The van der Waals surface area contributed by atoms with Crippen molar-refractivity contribution in [2.45, 2.75) is 81.8 Å². The van der Waals surface area contributed by atoms with Crippen LogP contribution in [0.25, 0.3) is 0 Å². The third-order valence-electron chi connectivity index (χ3n) is 7.21. The standard InChI is InChI=1S/C22H33N5O4/c28-19(24-14-17-6-3-13-30-17)18-15-27-12-9-23-20(27)22(31-18)7-10-26(11-8-22)21(29)25-16-4-1-2-5-16/h9,12,16-18H,1-8,10-11,13-15H2,(H,24,28)(H,25,29)/t17-,18+/m0/s1. The Kier molecular flexibility index (Phi) is 5.88. The minimum Gasteiger partial charge on any atom is -0.376 e. The Morgan fingerprint density at radius 1 is 1.16 bits per heavy atom. The number of ether oxygens (including phenoxy) is 2. The van der Waals surface area contributed by atoms with Crippen LogP contribution in [0.1, 0.15) is 57.2 Å². The van der Waals surface area contributed by atoms with E-state index < -0.39 is 11.7 Å². The highest BCUT2D eigenvalue weighted by atomic mass is 16.5. The van der Waals surface area contributed by atoms with Gasteiger partial charge in [-0.15, -0.1) is 0 Å². The zero-order valence-electron chi connectivity index (χ0n) is 18.1. The van der Waals surface area contributed by atoms with Gasteiger partial charge in [-0.25, -0.2) is 9.78 Å². The van der Waals surface area contributed by atoms with Crippen molar-refractivity contribution in [3.05, 3.63) is 18.2 Å². The molecule has 0 bridgehead atoms. The molecular weight excluding hydrogens is 398 g/mol. The Labute approximate surface area is 182 Å². The number of urea groups is 1. The molecule has 0 radical (unpaired) electrons. The van der Waals surface area contributed by atoms with Gasteiger partial charge >= 0.3 is 6.03 Å². The fourth-order valence-corrected chi connectivity index (χ4v) is 5.42. The van der Waals surface area contributed by atoms with Gasteiger partial charge in [-0.1, -0.05) is 12.8 Å². The van der Waals surface area contributed by atoms with Crippen LogP contribution < -0.4 is 10.6 Å². The van der Waals surface area contributed by atoms with Crippen molar-refractivity contribution in [2.75, 3.05) is 26.2 Å². The number of hydrogen-bond donors (Lipinski definition) is 2. The van der Waals surface area contributed by atoms with Crippen LogP contribution in [-0.2, 0) is 26.4 Å². The van der Waals surface area contributed by atoms with Crippen LogP contribution in [0.2, 0.25) is 0 Å². The summed E-state index contributed by atoms with van der Waals surface area (Å²) in [6.45, 7) is 2.94. The predicted molar refractivity (Wildman–Crippen MR) is 112 cm³/mol. The number of fused-ring (bicyclic) bond motifs is 2. The first-order valence-corrected chi connectivity index (χ1v) is 11.8. The second kappa shape index (κ2) is 8.78. The van der Waals surface area contributed by atoms with Crippen LogP contribution in [0, 0.1) is 0 Å². The van der Waals surface area contributed by atoms with E-state index in [-0.39, 0.29) is 18.0 Å². The number of piperidine rings is 1. The van der Waals surface area contributed by atoms with Crippen molar-refractivity contribution in [2.24, 2.45) is 0 Å². The lowest BCUT2D eigenvalue weighted by Crippen LogP contribution is -2.56. The molecular formula is C22H33N5O4. The molecule has 1 spiro atoms. The van der Waals surface area contributed by atoms with Crippen LogP contribution in [0.5, 0.6) is 0 Å². The second-order valence-corrected chi connectivity index (χ2v) is 9.30. The third kappa shape index (κ3) is 4.30. The highest BCUT2D eigenvalue weighted by Crippen LogP contribution is 2.40. The normalized spacial score (nSPS) is 27.9.